The van der Waals surface area contributed by atoms with Crippen LogP contribution < -0.4 is 5.32 Å². The van der Waals surface area contributed by atoms with Crippen molar-refractivity contribution in [2.24, 2.45) is 0 Å². The van der Waals surface area contributed by atoms with Crippen LogP contribution in [0.4, 0.5) is 5.13 Å². The van der Waals surface area contributed by atoms with Crippen LogP contribution in [0, 0.1) is 0 Å². The van der Waals surface area contributed by atoms with E-state index < -0.39 is 0 Å². The van der Waals surface area contributed by atoms with Crippen molar-refractivity contribution in [3.63, 3.8) is 0 Å². The average molecular weight is 426 g/mol. The average Bonchev–Trinajstić information content (AvgIpc) is 3.33. The fourth-order valence-electron chi connectivity index (χ4n) is 2.37. The molecular formula is C19H12BrN3O2S. The van der Waals surface area contributed by atoms with E-state index >= 15 is 0 Å². The van der Waals surface area contributed by atoms with Crippen LogP contribution in [0.5, 0.6) is 0 Å². The van der Waals surface area contributed by atoms with Gasteiger partial charge in [0, 0.05) is 27.0 Å². The van der Waals surface area contributed by atoms with Gasteiger partial charge in [0.1, 0.15) is 0 Å². The monoisotopic (exact) mass is 425 g/mol. The van der Waals surface area contributed by atoms with Crippen molar-refractivity contribution in [1.29, 1.82) is 0 Å². The molecule has 0 spiro atoms. The lowest BCUT2D eigenvalue weighted by molar-refractivity contribution is 0.101. The Labute approximate surface area is 161 Å². The van der Waals surface area contributed by atoms with E-state index in [1.165, 1.54) is 11.3 Å². The van der Waals surface area contributed by atoms with Gasteiger partial charge in [-0.05, 0) is 12.1 Å². The van der Waals surface area contributed by atoms with Crippen molar-refractivity contribution in [2.45, 2.75) is 0 Å². The van der Waals surface area contributed by atoms with Crippen LogP contribution in [-0.4, -0.2) is 16.0 Å². The van der Waals surface area contributed by atoms with Crippen LogP contribution in [0.25, 0.3) is 22.6 Å². The second kappa shape index (κ2) is 7.23. The van der Waals surface area contributed by atoms with Gasteiger partial charge in [-0.3, -0.25) is 10.1 Å². The minimum Gasteiger partial charge on any atom is -0.355 e. The molecule has 1 amide bonds. The predicted octanol–water partition coefficient (Wildman–Crippen LogP) is 5.48. The maximum absolute atomic E-state index is 12.4. The van der Waals surface area contributed by atoms with Crippen LogP contribution in [0.15, 0.2) is 75.0 Å². The second-order valence-corrected chi connectivity index (χ2v) is 7.22. The van der Waals surface area contributed by atoms with E-state index in [4.69, 9.17) is 4.52 Å². The van der Waals surface area contributed by atoms with E-state index in [2.05, 4.69) is 31.4 Å². The fourth-order valence-corrected chi connectivity index (χ4v) is 3.35. The molecule has 4 aromatic rings. The number of hydrogen-bond acceptors (Lipinski definition) is 5. The number of hydrogen-bond donors (Lipinski definition) is 1. The largest absolute Gasteiger partial charge is 0.355 e. The number of carbonyl (C=O) groups is 1. The highest BCUT2D eigenvalue weighted by molar-refractivity contribution is 9.10. The van der Waals surface area contributed by atoms with E-state index in [1.54, 1.807) is 6.07 Å². The third-order valence-electron chi connectivity index (χ3n) is 3.67. The zero-order valence-electron chi connectivity index (χ0n) is 13.3. The van der Waals surface area contributed by atoms with Gasteiger partial charge in [-0.15, -0.1) is 11.3 Å². The minimum absolute atomic E-state index is 0.212. The third kappa shape index (κ3) is 3.58. The SMILES string of the molecule is O=C(Nc1nc(-c2ccc(Br)cc2)cs1)c1cc(-c2ccccc2)on1. The predicted molar refractivity (Wildman–Crippen MR) is 105 cm³/mol. The smallest absolute Gasteiger partial charge is 0.279 e. The molecule has 2 aromatic carbocycles. The molecule has 0 aliphatic carbocycles. The number of aromatic nitrogens is 2. The molecule has 0 atom stereocenters. The third-order valence-corrected chi connectivity index (χ3v) is 4.95. The highest BCUT2D eigenvalue weighted by Gasteiger charge is 2.15. The number of rotatable bonds is 4. The molecule has 26 heavy (non-hydrogen) atoms. The lowest BCUT2D eigenvalue weighted by Crippen LogP contribution is -2.11. The molecule has 128 valence electrons. The number of thiazole rings is 1. The van der Waals surface area contributed by atoms with Gasteiger partial charge >= 0.3 is 0 Å². The van der Waals surface area contributed by atoms with E-state index in [-0.39, 0.29) is 11.6 Å². The van der Waals surface area contributed by atoms with Crippen molar-refractivity contribution in [3.05, 3.63) is 76.2 Å². The highest BCUT2D eigenvalue weighted by Crippen LogP contribution is 2.27. The Morgan fingerprint density at radius 3 is 2.58 bits per heavy atom. The van der Waals surface area contributed by atoms with E-state index in [1.807, 2.05) is 60.0 Å². The Hall–Kier alpha value is -2.77. The zero-order chi connectivity index (χ0) is 17.9. The molecule has 0 fully saturated rings. The van der Waals surface area contributed by atoms with Crippen LogP contribution in [-0.2, 0) is 0 Å². The summed E-state index contributed by atoms with van der Waals surface area (Å²) in [7, 11) is 0. The molecule has 1 N–H and O–H groups in total. The molecule has 0 radical (unpaired) electrons. The standard InChI is InChI=1S/C19H12BrN3O2S/c20-14-8-6-12(7-9-14)16-11-26-19(21-16)22-18(24)15-10-17(25-23-15)13-4-2-1-3-5-13/h1-11H,(H,21,22,24). The van der Waals surface area contributed by atoms with Crippen molar-refractivity contribution in [3.8, 4) is 22.6 Å². The van der Waals surface area contributed by atoms with Crippen LogP contribution in [0.3, 0.4) is 0 Å². The molecule has 0 unspecified atom stereocenters. The van der Waals surface area contributed by atoms with Gasteiger partial charge in [-0.1, -0.05) is 63.6 Å². The first kappa shape index (κ1) is 16.7. The van der Waals surface area contributed by atoms with Crippen molar-refractivity contribution >= 4 is 38.3 Å². The van der Waals surface area contributed by atoms with Crippen molar-refractivity contribution in [1.82, 2.24) is 10.1 Å². The minimum atomic E-state index is -0.354. The summed E-state index contributed by atoms with van der Waals surface area (Å²) in [6, 6.07) is 19.0. The molecule has 7 heteroatoms. The van der Waals surface area contributed by atoms with Gasteiger partial charge in [0.2, 0.25) is 0 Å². The zero-order valence-corrected chi connectivity index (χ0v) is 15.8. The summed E-state index contributed by atoms with van der Waals surface area (Å²) in [6.45, 7) is 0. The lowest BCUT2D eigenvalue weighted by Gasteiger charge is -1.98. The van der Waals surface area contributed by atoms with Crippen LogP contribution in [0.2, 0.25) is 0 Å². The van der Waals surface area contributed by atoms with Crippen LogP contribution in [0.1, 0.15) is 10.5 Å². The summed E-state index contributed by atoms with van der Waals surface area (Å²) in [5.74, 6) is 0.193. The Kier molecular flexibility index (Phi) is 4.64. The van der Waals surface area contributed by atoms with E-state index in [0.29, 0.717) is 10.9 Å². The summed E-state index contributed by atoms with van der Waals surface area (Å²) in [4.78, 5) is 16.8. The molecule has 0 saturated carbocycles. The van der Waals surface area contributed by atoms with Crippen molar-refractivity contribution < 1.29 is 9.32 Å². The molecule has 4 rings (SSSR count). The highest BCUT2D eigenvalue weighted by atomic mass is 79.9. The number of halogens is 1. The quantitative estimate of drug-likeness (QED) is 0.469. The number of nitrogens with one attached hydrogen (secondary N) is 1. The molecule has 5 nitrogen and oxygen atoms in total. The number of nitrogens with zero attached hydrogens (tertiary/aromatic N) is 2. The lowest BCUT2D eigenvalue weighted by atomic mass is 10.1. The normalized spacial score (nSPS) is 10.7. The van der Waals surface area contributed by atoms with Crippen LogP contribution >= 0.6 is 27.3 Å². The number of amides is 1. The Morgan fingerprint density at radius 2 is 1.81 bits per heavy atom. The molecule has 2 aromatic heterocycles. The van der Waals surface area contributed by atoms with Gasteiger partial charge in [0.15, 0.2) is 16.6 Å². The number of benzene rings is 2. The van der Waals surface area contributed by atoms with Gasteiger partial charge < -0.3 is 4.52 Å². The summed E-state index contributed by atoms with van der Waals surface area (Å²) >= 11 is 4.77. The maximum Gasteiger partial charge on any atom is 0.279 e. The Bertz CT molecular complexity index is 1040. The van der Waals surface area contributed by atoms with E-state index in [9.17, 15) is 4.79 Å². The molecule has 0 bridgehead atoms. The molecule has 0 aliphatic heterocycles. The first-order valence-corrected chi connectivity index (χ1v) is 9.41. The molecule has 0 saturated heterocycles. The van der Waals surface area contributed by atoms with E-state index in [0.717, 1.165) is 21.3 Å². The summed E-state index contributed by atoms with van der Waals surface area (Å²) in [5.41, 5.74) is 2.87. The maximum atomic E-state index is 12.4. The summed E-state index contributed by atoms with van der Waals surface area (Å²) < 4.78 is 6.27. The van der Waals surface area contributed by atoms with Gasteiger partial charge in [0.05, 0.1) is 5.69 Å². The van der Waals surface area contributed by atoms with Gasteiger partial charge in [0.25, 0.3) is 5.91 Å². The molecular weight excluding hydrogens is 414 g/mol. The Morgan fingerprint density at radius 1 is 1.04 bits per heavy atom. The molecule has 2 heterocycles. The fraction of sp³-hybridized carbons (Fsp3) is 0. The first-order chi connectivity index (χ1) is 12.7. The first-order valence-electron chi connectivity index (χ1n) is 7.74. The summed E-state index contributed by atoms with van der Waals surface area (Å²) in [5, 5.41) is 9.02. The van der Waals surface area contributed by atoms with Gasteiger partial charge in [-0.25, -0.2) is 4.98 Å². The number of anilines is 1. The Balaban J connectivity index is 1.49. The van der Waals surface area contributed by atoms with Crippen molar-refractivity contribution in [2.75, 3.05) is 5.32 Å². The van der Waals surface area contributed by atoms with Gasteiger partial charge in [-0.2, -0.15) is 0 Å². The topological polar surface area (TPSA) is 68.0 Å². The summed E-state index contributed by atoms with van der Waals surface area (Å²) in [6.07, 6.45) is 0. The second-order valence-electron chi connectivity index (χ2n) is 5.44. The molecule has 0 aliphatic rings. The number of carbonyl (C=O) groups excluding carboxylic acids is 1.